The van der Waals surface area contributed by atoms with Crippen molar-refractivity contribution in [1.29, 1.82) is 0 Å². The predicted molar refractivity (Wildman–Crippen MR) is 102 cm³/mol. The number of anilines is 1. The largest absolute Gasteiger partial charge is 0.471 e. The maximum atomic E-state index is 12.7. The number of nitrogens with zero attached hydrogens (tertiary/aromatic N) is 5. The van der Waals surface area contributed by atoms with Crippen LogP contribution >= 0.6 is 0 Å². The first-order chi connectivity index (χ1) is 13.5. The van der Waals surface area contributed by atoms with Crippen LogP contribution in [0.15, 0.2) is 45.6 Å². The molecule has 9 nitrogen and oxygen atoms in total. The number of hydrogen-bond donors (Lipinski definition) is 0. The van der Waals surface area contributed by atoms with E-state index in [1.54, 1.807) is 35.2 Å². The topological polar surface area (TPSA) is 93.7 Å². The summed E-state index contributed by atoms with van der Waals surface area (Å²) in [5.74, 6) is 0.502. The Hall–Kier alpha value is -3.36. The van der Waals surface area contributed by atoms with Crippen molar-refractivity contribution in [1.82, 2.24) is 19.7 Å². The zero-order chi connectivity index (χ0) is 19.7. The zero-order valence-electron chi connectivity index (χ0n) is 15.7. The van der Waals surface area contributed by atoms with Gasteiger partial charge in [-0.2, -0.15) is 0 Å². The van der Waals surface area contributed by atoms with Gasteiger partial charge >= 0.3 is 5.76 Å². The van der Waals surface area contributed by atoms with E-state index in [1.165, 1.54) is 4.57 Å². The van der Waals surface area contributed by atoms with Gasteiger partial charge in [0, 0.05) is 33.1 Å². The van der Waals surface area contributed by atoms with Crippen LogP contribution in [0.2, 0.25) is 0 Å². The van der Waals surface area contributed by atoms with Gasteiger partial charge in [-0.25, -0.2) is 4.79 Å². The third-order valence-corrected chi connectivity index (χ3v) is 4.74. The summed E-state index contributed by atoms with van der Waals surface area (Å²) in [5.41, 5.74) is 1.09. The highest BCUT2D eigenvalue weighted by Gasteiger charge is 2.28. The number of ether oxygens (including phenoxy) is 1. The van der Waals surface area contributed by atoms with Crippen molar-refractivity contribution >= 4 is 22.8 Å². The molecule has 146 valence electrons. The molecule has 0 unspecified atom stereocenters. The number of aromatic nitrogens is 3. The molecule has 1 aromatic carbocycles. The highest BCUT2D eigenvalue weighted by Crippen LogP contribution is 2.18. The van der Waals surface area contributed by atoms with Crippen LogP contribution < -0.4 is 15.4 Å². The number of rotatable bonds is 5. The summed E-state index contributed by atoms with van der Waals surface area (Å²) >= 11 is 0. The van der Waals surface area contributed by atoms with Crippen molar-refractivity contribution < 1.29 is 13.9 Å². The van der Waals surface area contributed by atoms with Gasteiger partial charge in [0.15, 0.2) is 11.4 Å². The van der Waals surface area contributed by atoms with Gasteiger partial charge in [-0.05, 0) is 18.2 Å². The van der Waals surface area contributed by atoms with E-state index in [9.17, 15) is 9.59 Å². The van der Waals surface area contributed by atoms with Gasteiger partial charge in [-0.1, -0.05) is 12.1 Å². The van der Waals surface area contributed by atoms with Crippen molar-refractivity contribution in [3.05, 3.63) is 46.9 Å². The Kier molecular flexibility index (Phi) is 4.72. The molecular formula is C19H21N5O4. The van der Waals surface area contributed by atoms with Crippen LogP contribution in [0.3, 0.4) is 0 Å². The molecule has 1 saturated heterocycles. The van der Waals surface area contributed by atoms with Gasteiger partial charge in [-0.15, -0.1) is 10.2 Å². The van der Waals surface area contributed by atoms with Crippen LogP contribution in [0.4, 0.5) is 5.82 Å². The molecule has 28 heavy (non-hydrogen) atoms. The fraction of sp³-hybridized carbons (Fsp3) is 0.368. The molecule has 0 bridgehead atoms. The number of oxazole rings is 1. The average Bonchev–Trinajstić information content (AvgIpc) is 3.27. The zero-order valence-corrected chi connectivity index (χ0v) is 15.7. The van der Waals surface area contributed by atoms with Crippen molar-refractivity contribution in [2.75, 3.05) is 32.1 Å². The van der Waals surface area contributed by atoms with E-state index < -0.39 is 5.76 Å². The summed E-state index contributed by atoms with van der Waals surface area (Å²) in [6.45, 7) is 0.956. The van der Waals surface area contributed by atoms with Gasteiger partial charge in [0.1, 0.15) is 12.6 Å². The summed E-state index contributed by atoms with van der Waals surface area (Å²) in [5, 5.41) is 8.15. The SMILES string of the molecule is CN(C)c1ccc(O[C@H]2CCN(C(=O)Cn3c(=O)oc4ccccc43)C2)nn1. The lowest BCUT2D eigenvalue weighted by molar-refractivity contribution is -0.131. The van der Waals surface area contributed by atoms with E-state index in [4.69, 9.17) is 9.15 Å². The first kappa shape index (κ1) is 18.0. The smallest absolute Gasteiger partial charge is 0.420 e. The van der Waals surface area contributed by atoms with Crippen LogP contribution in [0, 0.1) is 0 Å². The van der Waals surface area contributed by atoms with Crippen molar-refractivity contribution in [2.24, 2.45) is 0 Å². The number of carbonyl (C=O) groups excluding carboxylic acids is 1. The van der Waals surface area contributed by atoms with E-state index >= 15 is 0 Å². The van der Waals surface area contributed by atoms with Crippen LogP contribution in [0.1, 0.15) is 6.42 Å². The third kappa shape index (κ3) is 3.55. The molecule has 1 atom stereocenters. The number of carbonyl (C=O) groups is 1. The van der Waals surface area contributed by atoms with Gasteiger partial charge < -0.3 is 19.0 Å². The van der Waals surface area contributed by atoms with Crippen LogP contribution in [-0.2, 0) is 11.3 Å². The van der Waals surface area contributed by atoms with Crippen molar-refractivity contribution in [3.63, 3.8) is 0 Å². The number of benzene rings is 1. The number of para-hydroxylation sites is 2. The molecule has 2 aromatic heterocycles. The summed E-state index contributed by atoms with van der Waals surface area (Å²) in [6.07, 6.45) is 0.547. The summed E-state index contributed by atoms with van der Waals surface area (Å²) < 4.78 is 12.4. The molecule has 1 amide bonds. The Morgan fingerprint density at radius 3 is 2.82 bits per heavy atom. The van der Waals surface area contributed by atoms with E-state index in [0.717, 1.165) is 5.82 Å². The summed E-state index contributed by atoms with van der Waals surface area (Å²) in [7, 11) is 3.78. The molecule has 0 saturated carbocycles. The van der Waals surface area contributed by atoms with Gasteiger partial charge in [0.25, 0.3) is 0 Å². The Bertz CT molecular complexity index is 1040. The minimum Gasteiger partial charge on any atom is -0.471 e. The minimum absolute atomic E-state index is 0.0557. The molecule has 1 aliphatic rings. The number of hydrogen-bond acceptors (Lipinski definition) is 7. The number of amides is 1. The first-order valence-corrected chi connectivity index (χ1v) is 9.05. The second-order valence-electron chi connectivity index (χ2n) is 6.91. The van der Waals surface area contributed by atoms with E-state index in [-0.39, 0.29) is 18.6 Å². The lowest BCUT2D eigenvalue weighted by Crippen LogP contribution is -2.35. The molecule has 0 aliphatic carbocycles. The first-order valence-electron chi connectivity index (χ1n) is 9.05. The Balaban J connectivity index is 1.39. The number of fused-ring (bicyclic) bond motifs is 1. The van der Waals surface area contributed by atoms with Crippen molar-refractivity contribution in [3.8, 4) is 5.88 Å². The summed E-state index contributed by atoms with van der Waals surface area (Å²) in [4.78, 5) is 28.3. The van der Waals surface area contributed by atoms with Gasteiger partial charge in [0.2, 0.25) is 11.8 Å². The van der Waals surface area contributed by atoms with Crippen LogP contribution in [0.5, 0.6) is 5.88 Å². The molecule has 0 spiro atoms. The highest BCUT2D eigenvalue weighted by molar-refractivity contribution is 5.79. The minimum atomic E-state index is -0.530. The Morgan fingerprint density at radius 1 is 1.25 bits per heavy atom. The monoisotopic (exact) mass is 383 g/mol. The molecule has 4 rings (SSSR count). The maximum Gasteiger partial charge on any atom is 0.420 e. The predicted octanol–water partition coefficient (Wildman–Crippen LogP) is 1.13. The molecule has 0 N–H and O–H groups in total. The molecule has 3 heterocycles. The quantitative estimate of drug-likeness (QED) is 0.652. The van der Waals surface area contributed by atoms with Gasteiger partial charge in [-0.3, -0.25) is 9.36 Å². The lowest BCUT2D eigenvalue weighted by Gasteiger charge is -2.17. The lowest BCUT2D eigenvalue weighted by atomic mass is 10.3. The molecule has 1 fully saturated rings. The molecule has 0 radical (unpaired) electrons. The van der Waals surface area contributed by atoms with E-state index in [0.29, 0.717) is 36.5 Å². The fourth-order valence-corrected chi connectivity index (χ4v) is 3.24. The highest BCUT2D eigenvalue weighted by atomic mass is 16.5. The Labute approximate surface area is 161 Å². The number of likely N-dealkylation sites (tertiary alicyclic amines) is 1. The Morgan fingerprint density at radius 2 is 2.07 bits per heavy atom. The van der Waals surface area contributed by atoms with Crippen molar-refractivity contribution in [2.45, 2.75) is 19.1 Å². The second kappa shape index (κ2) is 7.34. The molecule has 3 aromatic rings. The molecule has 1 aliphatic heterocycles. The second-order valence-corrected chi connectivity index (χ2v) is 6.91. The molecular weight excluding hydrogens is 362 g/mol. The van der Waals surface area contributed by atoms with E-state index in [2.05, 4.69) is 10.2 Å². The maximum absolute atomic E-state index is 12.7. The van der Waals surface area contributed by atoms with Gasteiger partial charge in [0.05, 0.1) is 12.1 Å². The molecule has 9 heteroatoms. The normalized spacial score (nSPS) is 16.5. The standard InChI is InChI=1S/C19H21N5O4/c1-22(2)16-7-8-17(21-20-16)27-13-9-10-23(11-13)18(25)12-24-14-5-3-4-6-15(14)28-19(24)26/h3-8,13H,9-12H2,1-2H3/t13-/m0/s1. The van der Waals surface area contributed by atoms with Crippen LogP contribution in [0.25, 0.3) is 11.1 Å². The average molecular weight is 383 g/mol. The fourth-order valence-electron chi connectivity index (χ4n) is 3.24. The van der Waals surface area contributed by atoms with Crippen LogP contribution in [-0.4, -0.2) is 58.9 Å². The van der Waals surface area contributed by atoms with E-state index in [1.807, 2.05) is 25.1 Å². The third-order valence-electron chi connectivity index (χ3n) is 4.74. The summed E-state index contributed by atoms with van der Waals surface area (Å²) in [6, 6.07) is 10.7.